The van der Waals surface area contributed by atoms with Crippen molar-refractivity contribution in [1.29, 1.82) is 0 Å². The van der Waals surface area contributed by atoms with Crippen molar-refractivity contribution in [2.24, 2.45) is 5.73 Å². The summed E-state index contributed by atoms with van der Waals surface area (Å²) >= 11 is 0. The van der Waals surface area contributed by atoms with E-state index in [0.29, 0.717) is 43.7 Å². The number of aromatic nitrogens is 2. The molecule has 9 nitrogen and oxygen atoms in total. The maximum atomic E-state index is 13.8. The largest absolute Gasteiger partial charge is 0.421 e. The predicted octanol–water partition coefficient (Wildman–Crippen LogP) is 4.59. The first kappa shape index (κ1) is 25.3. The van der Waals surface area contributed by atoms with Crippen molar-refractivity contribution in [3.63, 3.8) is 0 Å². The second-order valence-electron chi connectivity index (χ2n) is 8.97. The molecule has 2 aromatic rings. The molecule has 0 unspecified atom stereocenters. The van der Waals surface area contributed by atoms with E-state index in [-0.39, 0.29) is 17.7 Å². The quantitative estimate of drug-likeness (QED) is 0.410. The molecule has 0 bridgehead atoms. The van der Waals surface area contributed by atoms with Crippen molar-refractivity contribution >= 4 is 35.1 Å². The van der Waals surface area contributed by atoms with Crippen LogP contribution in [0.3, 0.4) is 0 Å². The Kier molecular flexibility index (Phi) is 7.32. The fraction of sp³-hybridized carbons (Fsp3) is 0.417. The second kappa shape index (κ2) is 10.4. The van der Waals surface area contributed by atoms with Gasteiger partial charge in [0.05, 0.1) is 11.4 Å². The van der Waals surface area contributed by atoms with Crippen molar-refractivity contribution in [2.45, 2.75) is 50.2 Å². The van der Waals surface area contributed by atoms with Crippen LogP contribution in [0, 0.1) is 0 Å². The maximum Gasteiger partial charge on any atom is 0.421 e. The van der Waals surface area contributed by atoms with Gasteiger partial charge in [0, 0.05) is 25.3 Å². The molecule has 4 rings (SSSR count). The van der Waals surface area contributed by atoms with Crippen LogP contribution >= 0.6 is 0 Å². The summed E-state index contributed by atoms with van der Waals surface area (Å²) in [6.07, 6.45) is 1.60. The molecule has 2 heterocycles. The molecule has 36 heavy (non-hydrogen) atoms. The Labute approximate surface area is 206 Å². The summed E-state index contributed by atoms with van der Waals surface area (Å²) in [5, 5.41) is 8.41. The summed E-state index contributed by atoms with van der Waals surface area (Å²) in [7, 11) is 0. The Morgan fingerprint density at radius 3 is 2.58 bits per heavy atom. The van der Waals surface area contributed by atoms with Gasteiger partial charge in [-0.2, -0.15) is 18.2 Å². The topological polar surface area (TPSA) is 125 Å². The van der Waals surface area contributed by atoms with Gasteiger partial charge in [-0.1, -0.05) is 19.1 Å². The van der Waals surface area contributed by atoms with Gasteiger partial charge in [-0.15, -0.1) is 0 Å². The van der Waals surface area contributed by atoms with Crippen LogP contribution in [0.2, 0.25) is 0 Å². The molecule has 5 N–H and O–H groups in total. The first-order valence-corrected chi connectivity index (χ1v) is 11.7. The lowest BCUT2D eigenvalue weighted by atomic mass is 9.80. The molecule has 1 aliphatic carbocycles. The molecule has 12 heteroatoms. The lowest BCUT2D eigenvalue weighted by molar-refractivity contribution is -0.137. The number of hydrogen-bond donors (Lipinski definition) is 4. The zero-order valence-electron chi connectivity index (χ0n) is 19.6. The highest BCUT2D eigenvalue weighted by molar-refractivity contribution is 6.01. The first-order chi connectivity index (χ1) is 17.1. The number of piperidine rings is 1. The van der Waals surface area contributed by atoms with Crippen molar-refractivity contribution in [3.8, 4) is 0 Å². The Balaban J connectivity index is 1.63. The summed E-state index contributed by atoms with van der Waals surface area (Å²) in [6, 6.07) is 4.41. The number of hydrogen-bond acceptors (Lipinski definition) is 6. The van der Waals surface area contributed by atoms with Crippen molar-refractivity contribution in [1.82, 2.24) is 14.9 Å². The van der Waals surface area contributed by atoms with E-state index in [1.165, 1.54) is 4.90 Å². The monoisotopic (exact) mass is 503 g/mol. The number of urea groups is 1. The molecule has 2 fully saturated rings. The highest BCUT2D eigenvalue weighted by Gasteiger charge is 2.36. The molecule has 1 atom stereocenters. The van der Waals surface area contributed by atoms with E-state index >= 15 is 0 Å². The van der Waals surface area contributed by atoms with E-state index in [1.54, 1.807) is 12.1 Å². The minimum Gasteiger partial charge on any atom is -0.351 e. The van der Waals surface area contributed by atoms with Crippen LogP contribution in [0.25, 0.3) is 0 Å². The van der Waals surface area contributed by atoms with E-state index in [1.807, 2.05) is 6.07 Å². The number of nitrogens with one attached hydrogen (secondary N) is 3. The first-order valence-electron chi connectivity index (χ1n) is 11.7. The molecule has 2 aliphatic rings. The number of rotatable bonds is 7. The maximum absolute atomic E-state index is 13.8. The number of benzene rings is 1. The number of nitrogens with zero attached hydrogens (tertiary/aromatic N) is 3. The summed E-state index contributed by atoms with van der Waals surface area (Å²) in [5.41, 5.74) is 5.88. The number of likely N-dealkylation sites (tertiary alicyclic amines) is 1. The highest BCUT2D eigenvalue weighted by Crippen LogP contribution is 2.40. The number of amides is 3. The molecule has 0 spiro atoms. The Morgan fingerprint density at radius 1 is 1.17 bits per heavy atom. The van der Waals surface area contributed by atoms with E-state index in [4.69, 9.17) is 5.73 Å². The zero-order valence-corrected chi connectivity index (χ0v) is 19.6. The zero-order chi connectivity index (χ0) is 25.9. The number of anilines is 4. The van der Waals surface area contributed by atoms with Gasteiger partial charge >= 0.3 is 12.2 Å². The van der Waals surface area contributed by atoms with Crippen LogP contribution in [-0.4, -0.2) is 45.9 Å². The van der Waals surface area contributed by atoms with Gasteiger partial charge in [0.25, 0.3) is 0 Å². The summed E-state index contributed by atoms with van der Waals surface area (Å²) < 4.78 is 41.4. The third-order valence-corrected chi connectivity index (χ3v) is 6.48. The van der Waals surface area contributed by atoms with Crippen LogP contribution in [0.15, 0.2) is 37.1 Å². The van der Waals surface area contributed by atoms with Gasteiger partial charge in [-0.25, -0.2) is 9.78 Å². The molecular weight excluding hydrogens is 475 g/mol. The normalized spacial score (nSPS) is 18.2. The molecule has 1 aromatic carbocycles. The Hall–Kier alpha value is -3.83. The Morgan fingerprint density at radius 2 is 1.94 bits per heavy atom. The number of carbonyl (C=O) groups is 2. The van der Waals surface area contributed by atoms with E-state index in [0.717, 1.165) is 30.9 Å². The molecule has 192 valence electrons. The minimum absolute atomic E-state index is 0.0235. The van der Waals surface area contributed by atoms with Crippen molar-refractivity contribution in [3.05, 3.63) is 48.2 Å². The van der Waals surface area contributed by atoms with Crippen LogP contribution in [0.1, 0.15) is 49.1 Å². The van der Waals surface area contributed by atoms with Gasteiger partial charge in [-0.3, -0.25) is 4.79 Å². The lowest BCUT2D eigenvalue weighted by Gasteiger charge is -2.32. The van der Waals surface area contributed by atoms with Crippen LogP contribution < -0.4 is 21.7 Å². The van der Waals surface area contributed by atoms with Crippen LogP contribution in [0.4, 0.5) is 41.1 Å². The summed E-state index contributed by atoms with van der Waals surface area (Å²) in [6.45, 7) is 4.26. The van der Waals surface area contributed by atoms with Crippen molar-refractivity contribution in [2.75, 3.05) is 29.0 Å². The van der Waals surface area contributed by atoms with Gasteiger partial charge in [0.1, 0.15) is 11.4 Å². The van der Waals surface area contributed by atoms with Gasteiger partial charge < -0.3 is 26.6 Å². The van der Waals surface area contributed by atoms with E-state index in [2.05, 4.69) is 32.5 Å². The Bertz CT molecular complexity index is 1150. The fourth-order valence-corrected chi connectivity index (χ4v) is 4.31. The standard InChI is InChI=1S/C24H28F3N7O2/c1-2-20(35)31-19-11-15(14-5-3-6-14)8-9-18(19)32-21-17(24(25,26)27)12-29-23(33-21)30-16-7-4-10-34(13-16)22(28)36/h2,8-9,11-12,14,16H,1,3-7,10,13H2,(H2,28,36)(H,31,35)(H2,29,30,32,33)/t16-/m0/s1. The lowest BCUT2D eigenvalue weighted by Crippen LogP contribution is -2.47. The summed E-state index contributed by atoms with van der Waals surface area (Å²) in [5.74, 6) is -0.617. The SMILES string of the molecule is C=CC(=O)Nc1cc(C2CCC2)ccc1Nc1nc(N[C@H]2CCCN(C(N)=O)C2)ncc1C(F)(F)F. The molecule has 0 radical (unpaired) electrons. The average Bonchev–Trinajstić information content (AvgIpc) is 2.79. The highest BCUT2D eigenvalue weighted by atomic mass is 19.4. The fourth-order valence-electron chi connectivity index (χ4n) is 4.31. The number of primary amides is 1. The van der Waals surface area contributed by atoms with Crippen LogP contribution in [0.5, 0.6) is 0 Å². The number of halogens is 3. The minimum atomic E-state index is -4.72. The molecule has 1 aliphatic heterocycles. The molecule has 1 saturated carbocycles. The smallest absolute Gasteiger partial charge is 0.351 e. The van der Waals surface area contributed by atoms with E-state index in [9.17, 15) is 22.8 Å². The summed E-state index contributed by atoms with van der Waals surface area (Å²) in [4.78, 5) is 32.9. The third-order valence-electron chi connectivity index (χ3n) is 6.48. The molecule has 1 aromatic heterocycles. The number of nitrogens with two attached hydrogens (primary N) is 1. The third kappa shape index (κ3) is 5.86. The van der Waals surface area contributed by atoms with Crippen molar-refractivity contribution < 1.29 is 22.8 Å². The second-order valence-corrected chi connectivity index (χ2v) is 8.97. The number of alkyl halides is 3. The molecule has 1 saturated heterocycles. The number of carbonyl (C=O) groups excluding carboxylic acids is 2. The van der Waals surface area contributed by atoms with Gasteiger partial charge in [0.15, 0.2) is 0 Å². The molecular formula is C24H28F3N7O2. The van der Waals surface area contributed by atoms with Crippen LogP contribution in [-0.2, 0) is 11.0 Å². The van der Waals surface area contributed by atoms with Gasteiger partial charge in [-0.05, 0) is 55.4 Å². The molecule has 3 amide bonds. The van der Waals surface area contributed by atoms with E-state index < -0.39 is 29.5 Å². The predicted molar refractivity (Wildman–Crippen MR) is 130 cm³/mol. The average molecular weight is 504 g/mol. The van der Waals surface area contributed by atoms with Gasteiger partial charge in [0.2, 0.25) is 11.9 Å².